The van der Waals surface area contributed by atoms with Crippen molar-refractivity contribution in [3.8, 4) is 16.3 Å². The van der Waals surface area contributed by atoms with Crippen LogP contribution in [0.1, 0.15) is 32.4 Å². The maximum absolute atomic E-state index is 13.0. The summed E-state index contributed by atoms with van der Waals surface area (Å²) in [5.41, 5.74) is 3.78. The first-order valence-electron chi connectivity index (χ1n) is 9.62. The molecule has 2 N–H and O–H groups in total. The first-order valence-corrected chi connectivity index (χ1v) is 10.9. The molecule has 2 aromatic heterocycles. The van der Waals surface area contributed by atoms with Crippen molar-refractivity contribution in [1.82, 2.24) is 20.4 Å². The van der Waals surface area contributed by atoms with Crippen LogP contribution in [0.5, 0.6) is 0 Å². The molecule has 0 saturated heterocycles. The van der Waals surface area contributed by atoms with E-state index in [-0.39, 0.29) is 12.1 Å². The molecule has 0 radical (unpaired) electrons. The van der Waals surface area contributed by atoms with E-state index in [0.717, 1.165) is 21.8 Å². The Labute approximate surface area is 184 Å². The van der Waals surface area contributed by atoms with Crippen molar-refractivity contribution in [2.45, 2.75) is 32.9 Å². The highest BCUT2D eigenvalue weighted by atomic mass is 32.1. The molecule has 1 aliphatic heterocycles. The van der Waals surface area contributed by atoms with Gasteiger partial charge in [-0.25, -0.2) is 9.48 Å². The number of aromatic nitrogens is 2. The summed E-state index contributed by atoms with van der Waals surface area (Å²) in [7, 11) is 0. The van der Waals surface area contributed by atoms with Gasteiger partial charge in [-0.05, 0) is 56.6 Å². The molecule has 3 heterocycles. The van der Waals surface area contributed by atoms with Crippen molar-refractivity contribution in [3.63, 3.8) is 0 Å². The summed E-state index contributed by atoms with van der Waals surface area (Å²) in [5.74, 6) is -0.375. The van der Waals surface area contributed by atoms with Crippen LogP contribution in [0.15, 0.2) is 65.3 Å². The van der Waals surface area contributed by atoms with Gasteiger partial charge in [-0.1, -0.05) is 24.3 Å². The van der Waals surface area contributed by atoms with Crippen molar-refractivity contribution in [2.24, 2.45) is 0 Å². The fourth-order valence-corrected chi connectivity index (χ4v) is 4.39. The summed E-state index contributed by atoms with van der Waals surface area (Å²) in [6.45, 7) is 5.51. The minimum absolute atomic E-state index is 0.226. The third kappa shape index (κ3) is 4.01. The maximum atomic E-state index is 13.0. The first-order chi connectivity index (χ1) is 14.4. The largest absolute Gasteiger partial charge is 0.459 e. The zero-order valence-corrected chi connectivity index (χ0v) is 18.5. The van der Waals surface area contributed by atoms with Crippen LogP contribution in [-0.4, -0.2) is 27.0 Å². The van der Waals surface area contributed by atoms with Gasteiger partial charge in [0.15, 0.2) is 5.11 Å². The number of nitrogens with zero attached hydrogens (tertiary/aromatic N) is 2. The third-order valence-corrected chi connectivity index (χ3v) is 5.76. The Morgan fingerprint density at radius 1 is 1.23 bits per heavy atom. The molecule has 0 bridgehead atoms. The zero-order chi connectivity index (χ0) is 21.3. The molecule has 1 atom stereocenters. The van der Waals surface area contributed by atoms with Gasteiger partial charge < -0.3 is 15.4 Å². The number of nitrogens with one attached hydrogen (secondary N) is 2. The smallest absolute Gasteiger partial charge is 0.338 e. The average molecular weight is 439 g/mol. The number of thiophene rings is 1. The van der Waals surface area contributed by atoms with Gasteiger partial charge in [0, 0.05) is 17.5 Å². The molecule has 0 spiro atoms. The number of esters is 1. The second-order valence-electron chi connectivity index (χ2n) is 7.21. The molecule has 0 saturated carbocycles. The van der Waals surface area contributed by atoms with Crippen LogP contribution in [-0.2, 0) is 9.53 Å². The number of rotatable bonds is 5. The number of carbonyl (C=O) groups excluding carboxylic acids is 1. The van der Waals surface area contributed by atoms with Crippen LogP contribution < -0.4 is 10.6 Å². The normalized spacial score (nSPS) is 16.4. The number of ether oxygens (including phenoxy) is 1. The number of thiocarbonyl (C=S) groups is 1. The summed E-state index contributed by atoms with van der Waals surface area (Å²) >= 11 is 7.00. The highest BCUT2D eigenvalue weighted by Gasteiger charge is 2.34. The van der Waals surface area contributed by atoms with E-state index in [1.807, 2.05) is 79.5 Å². The number of carbonyl (C=O) groups is 1. The van der Waals surface area contributed by atoms with Crippen LogP contribution in [0.25, 0.3) is 16.3 Å². The lowest BCUT2D eigenvalue weighted by Gasteiger charge is -2.30. The SMILES string of the molecule is CC1=C(C(=O)OC(C)C)[C@H](c2cn(-c3ccccc3)nc2-c2cccs2)NC(=S)N1. The van der Waals surface area contributed by atoms with Crippen LogP contribution in [0.4, 0.5) is 0 Å². The van der Waals surface area contributed by atoms with Gasteiger partial charge in [-0.3, -0.25) is 0 Å². The Hall–Kier alpha value is -2.97. The van der Waals surface area contributed by atoms with Crippen molar-refractivity contribution < 1.29 is 9.53 Å². The zero-order valence-electron chi connectivity index (χ0n) is 16.9. The Balaban J connectivity index is 1.86. The van der Waals surface area contributed by atoms with Crippen LogP contribution in [0.2, 0.25) is 0 Å². The summed E-state index contributed by atoms with van der Waals surface area (Å²) in [4.78, 5) is 14.0. The van der Waals surface area contributed by atoms with Gasteiger partial charge in [0.25, 0.3) is 0 Å². The fourth-order valence-electron chi connectivity index (χ4n) is 3.39. The molecule has 8 heteroatoms. The number of para-hydroxylation sites is 1. The van der Waals surface area contributed by atoms with Crippen LogP contribution in [0, 0.1) is 0 Å². The van der Waals surface area contributed by atoms with Gasteiger partial charge in [0.2, 0.25) is 0 Å². The molecule has 0 aliphatic carbocycles. The minimum atomic E-state index is -0.473. The molecule has 0 fully saturated rings. The average Bonchev–Trinajstić information content (AvgIpc) is 3.37. The molecular weight excluding hydrogens is 416 g/mol. The maximum Gasteiger partial charge on any atom is 0.338 e. The Morgan fingerprint density at radius 3 is 2.67 bits per heavy atom. The molecule has 1 aliphatic rings. The molecule has 6 nitrogen and oxygen atoms in total. The van der Waals surface area contributed by atoms with E-state index in [4.69, 9.17) is 22.1 Å². The molecule has 0 unspecified atom stereocenters. The number of hydrogen-bond donors (Lipinski definition) is 2. The molecule has 4 rings (SSSR count). The lowest BCUT2D eigenvalue weighted by Crippen LogP contribution is -2.45. The number of allylic oxidation sites excluding steroid dienone is 1. The van der Waals surface area contributed by atoms with E-state index in [9.17, 15) is 4.79 Å². The lowest BCUT2D eigenvalue weighted by molar-refractivity contribution is -0.143. The van der Waals surface area contributed by atoms with E-state index in [0.29, 0.717) is 16.4 Å². The van der Waals surface area contributed by atoms with Crippen LogP contribution >= 0.6 is 23.6 Å². The topological polar surface area (TPSA) is 68.2 Å². The summed E-state index contributed by atoms with van der Waals surface area (Å²) in [6, 6.07) is 13.4. The van der Waals surface area contributed by atoms with Gasteiger partial charge >= 0.3 is 5.97 Å². The van der Waals surface area contributed by atoms with Gasteiger partial charge in [-0.15, -0.1) is 11.3 Å². The Bertz CT molecular complexity index is 1100. The Morgan fingerprint density at radius 2 is 2.00 bits per heavy atom. The quantitative estimate of drug-likeness (QED) is 0.456. The summed E-state index contributed by atoms with van der Waals surface area (Å²) in [5, 5.41) is 13.6. The third-order valence-electron chi connectivity index (χ3n) is 4.66. The monoisotopic (exact) mass is 438 g/mol. The molecule has 30 heavy (non-hydrogen) atoms. The molecule has 154 valence electrons. The molecule has 3 aromatic rings. The van der Waals surface area contributed by atoms with Crippen molar-refractivity contribution >= 4 is 34.6 Å². The van der Waals surface area contributed by atoms with E-state index in [1.54, 1.807) is 11.3 Å². The Kier molecular flexibility index (Phi) is 5.69. The number of hydrogen-bond acceptors (Lipinski definition) is 5. The predicted molar refractivity (Wildman–Crippen MR) is 122 cm³/mol. The van der Waals surface area contributed by atoms with E-state index in [1.165, 1.54) is 0 Å². The second-order valence-corrected chi connectivity index (χ2v) is 8.57. The second kappa shape index (κ2) is 8.41. The number of benzene rings is 1. The highest BCUT2D eigenvalue weighted by molar-refractivity contribution is 7.80. The molecule has 1 aromatic carbocycles. The highest BCUT2D eigenvalue weighted by Crippen LogP contribution is 2.36. The van der Waals surface area contributed by atoms with Gasteiger partial charge in [-0.2, -0.15) is 5.10 Å². The summed E-state index contributed by atoms with van der Waals surface area (Å²) in [6.07, 6.45) is 1.72. The first kappa shape index (κ1) is 20.3. The minimum Gasteiger partial charge on any atom is -0.459 e. The van der Waals surface area contributed by atoms with Gasteiger partial charge in [0.05, 0.1) is 28.3 Å². The van der Waals surface area contributed by atoms with Gasteiger partial charge in [0.1, 0.15) is 5.69 Å². The lowest BCUT2D eigenvalue weighted by atomic mass is 9.95. The fraction of sp³-hybridized carbons (Fsp3) is 0.227. The molecule has 0 amide bonds. The standard InChI is InChI=1S/C22H22N4O2S2/c1-13(2)28-21(27)18-14(3)23-22(29)24-20(18)16-12-26(15-8-5-4-6-9-15)25-19(16)17-10-7-11-30-17/h4-13,20H,1-3H3,(H2,23,24,29)/t20-/m0/s1. The van der Waals surface area contributed by atoms with E-state index < -0.39 is 6.04 Å². The predicted octanol–water partition coefficient (Wildman–Crippen LogP) is 4.35. The van der Waals surface area contributed by atoms with E-state index >= 15 is 0 Å². The van der Waals surface area contributed by atoms with Crippen LogP contribution in [0.3, 0.4) is 0 Å². The van der Waals surface area contributed by atoms with E-state index in [2.05, 4.69) is 10.6 Å². The summed E-state index contributed by atoms with van der Waals surface area (Å²) < 4.78 is 7.36. The molecular formula is C22H22N4O2S2. The van der Waals surface area contributed by atoms with Crippen molar-refractivity contribution in [3.05, 3.63) is 70.9 Å². The van der Waals surface area contributed by atoms with Crippen molar-refractivity contribution in [2.75, 3.05) is 0 Å². The van der Waals surface area contributed by atoms with Crippen molar-refractivity contribution in [1.29, 1.82) is 0 Å².